The fourth-order valence-corrected chi connectivity index (χ4v) is 3.29. The predicted octanol–water partition coefficient (Wildman–Crippen LogP) is -3.11. The number of unbranched alkanes of at least 4 members (excludes halogenated alkanes) is 1. The predicted molar refractivity (Wildman–Crippen MR) is 135 cm³/mol. The molecule has 212 valence electrons. The molecule has 15 nitrogen and oxygen atoms in total. The molecule has 0 aliphatic heterocycles. The average molecular weight is 531 g/mol. The normalized spacial score (nSPS) is 12.1. The van der Waals surface area contributed by atoms with Crippen LogP contribution in [0.25, 0.3) is 0 Å². The molecule has 15 heteroatoms. The highest BCUT2D eigenvalue weighted by atomic mass is 16.5. The van der Waals surface area contributed by atoms with E-state index in [4.69, 9.17) is 11.5 Å². The fourth-order valence-electron chi connectivity index (χ4n) is 3.29. The number of hydrogen-bond donors (Lipinski definition) is 7. The number of primary amides is 2. The van der Waals surface area contributed by atoms with Gasteiger partial charge in [0.1, 0.15) is 13.1 Å². The van der Waals surface area contributed by atoms with Gasteiger partial charge in [0.15, 0.2) is 0 Å². The van der Waals surface area contributed by atoms with Crippen LogP contribution in [-0.2, 0) is 28.7 Å². The standard InChI is InChI=1S/C22H42N8O7/c1-25-15(20(23)34)7-4-5-10-27-17(31)13-30(19(33)9-12-29-22(36)37-3)14-18(32)28-11-6-8-16(26-2)21(24)35/h15-16,25-26H,4-14H2,1-3H3,(H2,23,34)(H2,24,35)(H,27,31)(H,28,32)(H,29,36). The van der Waals surface area contributed by atoms with E-state index >= 15 is 0 Å². The van der Waals surface area contributed by atoms with Gasteiger partial charge in [0.2, 0.25) is 29.5 Å². The van der Waals surface area contributed by atoms with Crippen molar-refractivity contribution in [3.63, 3.8) is 0 Å². The molecular formula is C22H42N8O7. The Balaban J connectivity index is 4.74. The Morgan fingerprint density at radius 2 is 1.22 bits per heavy atom. The van der Waals surface area contributed by atoms with Crippen molar-refractivity contribution in [1.82, 2.24) is 31.5 Å². The highest BCUT2D eigenvalue weighted by Gasteiger charge is 2.20. The van der Waals surface area contributed by atoms with Gasteiger partial charge in [-0.25, -0.2) is 4.79 Å². The van der Waals surface area contributed by atoms with Gasteiger partial charge >= 0.3 is 6.09 Å². The summed E-state index contributed by atoms with van der Waals surface area (Å²) in [7, 11) is 4.44. The van der Waals surface area contributed by atoms with E-state index in [1.54, 1.807) is 14.1 Å². The summed E-state index contributed by atoms with van der Waals surface area (Å²) in [5.41, 5.74) is 10.5. The quantitative estimate of drug-likeness (QED) is 0.0789. The van der Waals surface area contributed by atoms with Gasteiger partial charge in [0.05, 0.1) is 19.2 Å². The molecule has 0 fully saturated rings. The molecular weight excluding hydrogens is 488 g/mol. The van der Waals surface area contributed by atoms with E-state index < -0.39 is 47.7 Å². The molecule has 2 atom stereocenters. The SMILES string of the molecule is CNC(CCCCNC(=O)CN(CC(=O)NCCCC(NC)C(N)=O)C(=O)CCNC(=O)OC)C(N)=O. The maximum absolute atomic E-state index is 12.6. The number of ether oxygens (including phenoxy) is 1. The highest BCUT2D eigenvalue weighted by Crippen LogP contribution is 2.00. The first-order chi connectivity index (χ1) is 17.5. The molecule has 0 bridgehead atoms. The van der Waals surface area contributed by atoms with Crippen molar-refractivity contribution >= 4 is 35.6 Å². The number of likely N-dealkylation sites (N-methyl/N-ethyl adjacent to an activating group) is 2. The number of amides is 6. The number of nitrogens with one attached hydrogen (secondary N) is 5. The maximum atomic E-state index is 12.6. The van der Waals surface area contributed by atoms with Gasteiger partial charge in [0, 0.05) is 26.1 Å². The summed E-state index contributed by atoms with van der Waals surface area (Å²) in [6.07, 6.45) is 1.80. The zero-order valence-electron chi connectivity index (χ0n) is 21.9. The molecule has 0 heterocycles. The number of alkyl carbamates (subject to hydrolysis) is 1. The summed E-state index contributed by atoms with van der Waals surface area (Å²) in [4.78, 5) is 72.2. The molecule has 0 saturated carbocycles. The van der Waals surface area contributed by atoms with Crippen LogP contribution in [0.3, 0.4) is 0 Å². The van der Waals surface area contributed by atoms with E-state index in [0.29, 0.717) is 38.6 Å². The zero-order valence-corrected chi connectivity index (χ0v) is 21.9. The maximum Gasteiger partial charge on any atom is 0.406 e. The third-order valence-electron chi connectivity index (χ3n) is 5.43. The van der Waals surface area contributed by atoms with Crippen LogP contribution in [-0.4, -0.2) is 107 Å². The second-order valence-electron chi connectivity index (χ2n) is 8.24. The van der Waals surface area contributed by atoms with Gasteiger partial charge in [0.25, 0.3) is 0 Å². The highest BCUT2D eigenvalue weighted by molar-refractivity contribution is 5.89. The smallest absolute Gasteiger partial charge is 0.406 e. The lowest BCUT2D eigenvalue weighted by molar-refractivity contribution is -0.139. The van der Waals surface area contributed by atoms with E-state index in [1.165, 1.54) is 7.11 Å². The minimum Gasteiger partial charge on any atom is -0.453 e. The summed E-state index contributed by atoms with van der Waals surface area (Å²) in [5, 5.41) is 13.3. The second-order valence-corrected chi connectivity index (χ2v) is 8.24. The average Bonchev–Trinajstić information content (AvgIpc) is 2.84. The van der Waals surface area contributed by atoms with E-state index in [1.807, 2.05) is 0 Å². The van der Waals surface area contributed by atoms with Crippen molar-refractivity contribution in [2.75, 3.05) is 53.9 Å². The Hall–Kier alpha value is -3.46. The van der Waals surface area contributed by atoms with Crippen LogP contribution in [0.15, 0.2) is 0 Å². The number of methoxy groups -OCH3 is 1. The summed E-state index contributed by atoms with van der Waals surface area (Å²) < 4.78 is 4.45. The molecule has 6 amide bonds. The fraction of sp³-hybridized carbons (Fsp3) is 0.727. The first-order valence-corrected chi connectivity index (χ1v) is 12.1. The molecule has 0 aromatic carbocycles. The number of nitrogens with two attached hydrogens (primary N) is 2. The molecule has 0 aliphatic carbocycles. The molecule has 0 aliphatic rings. The first-order valence-electron chi connectivity index (χ1n) is 12.1. The molecule has 0 spiro atoms. The van der Waals surface area contributed by atoms with Crippen molar-refractivity contribution in [2.24, 2.45) is 11.5 Å². The van der Waals surface area contributed by atoms with Gasteiger partial charge in [-0.15, -0.1) is 0 Å². The van der Waals surface area contributed by atoms with Crippen molar-refractivity contribution < 1.29 is 33.5 Å². The number of nitrogens with zero attached hydrogens (tertiary/aromatic N) is 1. The van der Waals surface area contributed by atoms with Crippen molar-refractivity contribution in [1.29, 1.82) is 0 Å². The Morgan fingerprint density at radius 3 is 1.68 bits per heavy atom. The number of rotatable bonds is 20. The van der Waals surface area contributed by atoms with Gasteiger partial charge in [-0.05, 0) is 46.2 Å². The molecule has 0 aromatic heterocycles. The van der Waals surface area contributed by atoms with E-state index in [0.717, 1.165) is 4.90 Å². The minimum atomic E-state index is -0.706. The van der Waals surface area contributed by atoms with Gasteiger partial charge in [-0.1, -0.05) is 0 Å². The molecule has 0 radical (unpaired) electrons. The lowest BCUT2D eigenvalue weighted by Crippen LogP contribution is -2.47. The minimum absolute atomic E-state index is 0.0315. The zero-order chi connectivity index (χ0) is 28.2. The van der Waals surface area contributed by atoms with Gasteiger partial charge < -0.3 is 47.7 Å². The van der Waals surface area contributed by atoms with Crippen LogP contribution in [0.4, 0.5) is 4.79 Å². The largest absolute Gasteiger partial charge is 0.453 e. The lowest BCUT2D eigenvalue weighted by atomic mass is 10.1. The van der Waals surface area contributed by atoms with E-state index in [2.05, 4.69) is 31.3 Å². The molecule has 0 rings (SSSR count). The van der Waals surface area contributed by atoms with Crippen molar-refractivity contribution in [3.05, 3.63) is 0 Å². The van der Waals surface area contributed by atoms with Crippen molar-refractivity contribution in [2.45, 2.75) is 50.6 Å². The van der Waals surface area contributed by atoms with Crippen LogP contribution in [0.1, 0.15) is 38.5 Å². The Bertz CT molecular complexity index is 765. The monoisotopic (exact) mass is 530 g/mol. The van der Waals surface area contributed by atoms with E-state index in [9.17, 15) is 28.8 Å². The summed E-state index contributed by atoms with van der Waals surface area (Å²) in [5.74, 6) is -2.39. The molecule has 0 aromatic rings. The second kappa shape index (κ2) is 19.7. The van der Waals surface area contributed by atoms with Crippen LogP contribution in [0, 0.1) is 0 Å². The lowest BCUT2D eigenvalue weighted by Gasteiger charge is -2.22. The van der Waals surface area contributed by atoms with E-state index in [-0.39, 0.29) is 32.6 Å². The van der Waals surface area contributed by atoms with Gasteiger partial charge in [-0.2, -0.15) is 0 Å². The van der Waals surface area contributed by atoms with Crippen molar-refractivity contribution in [3.8, 4) is 0 Å². The molecule has 0 saturated heterocycles. The Morgan fingerprint density at radius 1 is 0.730 bits per heavy atom. The topological polar surface area (TPSA) is 227 Å². The summed E-state index contributed by atoms with van der Waals surface area (Å²) >= 11 is 0. The third-order valence-corrected chi connectivity index (χ3v) is 5.43. The number of carbonyl (C=O) groups excluding carboxylic acids is 6. The first kappa shape index (κ1) is 33.5. The van der Waals surface area contributed by atoms with Gasteiger partial charge in [-0.3, -0.25) is 24.0 Å². The van der Waals surface area contributed by atoms with Crippen LogP contribution >= 0.6 is 0 Å². The van der Waals surface area contributed by atoms with Crippen LogP contribution < -0.4 is 38.1 Å². The Labute approximate surface area is 217 Å². The molecule has 2 unspecified atom stereocenters. The summed E-state index contributed by atoms with van der Waals surface area (Å²) in [6, 6.07) is -0.957. The summed E-state index contributed by atoms with van der Waals surface area (Å²) in [6.45, 7) is -0.178. The molecule has 9 N–H and O–H groups in total. The van der Waals surface area contributed by atoms with Crippen LogP contribution in [0.5, 0.6) is 0 Å². The number of hydrogen-bond acceptors (Lipinski definition) is 9. The number of carbonyl (C=O) groups is 6. The third kappa shape index (κ3) is 16.0. The van der Waals surface area contributed by atoms with Crippen LogP contribution in [0.2, 0.25) is 0 Å². The molecule has 37 heavy (non-hydrogen) atoms. The Kier molecular flexibility index (Phi) is 17.9.